The summed E-state index contributed by atoms with van der Waals surface area (Å²) in [6.07, 6.45) is 0. The molecule has 0 saturated heterocycles. The van der Waals surface area contributed by atoms with Crippen LogP contribution in [0.4, 0.5) is 0 Å². The van der Waals surface area contributed by atoms with E-state index in [9.17, 15) is 0 Å². The Labute approximate surface area is 300 Å². The topological polar surface area (TPSA) is 31.2 Å². The molecule has 3 aromatic heterocycles. The first kappa shape index (κ1) is 26.6. The number of para-hydroxylation sites is 2. The van der Waals surface area contributed by atoms with E-state index in [0.29, 0.717) is 0 Å². The molecule has 234 valence electrons. The van der Waals surface area contributed by atoms with Crippen LogP contribution in [0, 0.1) is 13.8 Å². The van der Waals surface area contributed by atoms with Crippen molar-refractivity contribution in [3.8, 4) is 5.69 Å². The summed E-state index contributed by atoms with van der Waals surface area (Å²) in [6.45, 7) is 4.67. The van der Waals surface area contributed by atoms with Crippen LogP contribution in [0.25, 0.3) is 71.4 Å². The number of aromatic nitrogens is 1. The summed E-state index contributed by atoms with van der Waals surface area (Å²) in [5.74, 6) is 0. The number of fused-ring (bicyclic) bond motifs is 15. The molecule has 0 amide bonds. The molecule has 0 spiro atoms. The zero-order valence-corrected chi connectivity index (χ0v) is 29.2. The second-order valence-electron chi connectivity index (χ2n) is 14.9. The van der Waals surface area contributed by atoms with E-state index in [1.807, 2.05) is 23.5 Å². The van der Waals surface area contributed by atoms with Crippen LogP contribution < -0.4 is 32.8 Å². The number of furan rings is 2. The number of hydrogen-bond donors (Lipinski definition) is 0. The fourth-order valence-electron chi connectivity index (χ4n) is 10.2. The summed E-state index contributed by atoms with van der Waals surface area (Å²) in [6, 6.07) is 38.7. The summed E-state index contributed by atoms with van der Waals surface area (Å²) in [5, 5.41) is 7.01. The number of rotatable bonds is 0. The minimum atomic E-state index is 0.103. The third-order valence-electron chi connectivity index (χ3n) is 12.2. The van der Waals surface area contributed by atoms with E-state index in [0.717, 1.165) is 33.1 Å². The minimum absolute atomic E-state index is 0.103. The maximum absolute atomic E-state index is 6.97. The van der Waals surface area contributed by atoms with Crippen LogP contribution in [0.1, 0.15) is 11.1 Å². The summed E-state index contributed by atoms with van der Waals surface area (Å²) < 4.78 is 16.6. The lowest BCUT2D eigenvalue weighted by atomic mass is 9.31. The Balaban J connectivity index is 1.32. The van der Waals surface area contributed by atoms with Crippen molar-refractivity contribution in [3.05, 3.63) is 114 Å². The molecule has 7 heteroatoms. The minimum Gasteiger partial charge on any atom is -0.455 e. The molecular formula is C44H23B2NO2S2. The van der Waals surface area contributed by atoms with Crippen LogP contribution in [0.3, 0.4) is 0 Å². The summed E-state index contributed by atoms with van der Waals surface area (Å²) in [7, 11) is 0. The smallest absolute Gasteiger partial charge is 0.249 e. The summed E-state index contributed by atoms with van der Waals surface area (Å²) in [5.41, 5.74) is 18.7. The van der Waals surface area contributed by atoms with E-state index in [1.54, 1.807) is 0 Å². The van der Waals surface area contributed by atoms with E-state index in [-0.39, 0.29) is 13.4 Å². The fraction of sp³-hybridized carbons (Fsp3) is 0.0455. The van der Waals surface area contributed by atoms with Crippen LogP contribution in [-0.4, -0.2) is 18.0 Å². The Morgan fingerprint density at radius 1 is 0.490 bits per heavy atom. The van der Waals surface area contributed by atoms with Crippen molar-refractivity contribution in [2.45, 2.75) is 33.4 Å². The molecule has 0 atom stereocenters. The molecule has 0 aliphatic carbocycles. The molecular weight excluding hydrogens is 660 g/mol. The highest BCUT2D eigenvalue weighted by Crippen LogP contribution is 2.49. The molecule has 0 unspecified atom stereocenters. The van der Waals surface area contributed by atoms with Gasteiger partial charge in [-0.1, -0.05) is 118 Å². The van der Waals surface area contributed by atoms with Crippen LogP contribution in [0.5, 0.6) is 0 Å². The summed E-state index contributed by atoms with van der Waals surface area (Å²) in [4.78, 5) is 5.45. The first-order chi connectivity index (χ1) is 25.1. The molecule has 14 rings (SSSR count). The van der Waals surface area contributed by atoms with Gasteiger partial charge in [-0.3, -0.25) is 0 Å². The molecule has 0 saturated carbocycles. The van der Waals surface area contributed by atoms with Crippen LogP contribution in [0.15, 0.2) is 132 Å². The highest BCUT2D eigenvalue weighted by atomic mass is 32.2. The molecule has 0 N–H and O–H groups in total. The van der Waals surface area contributed by atoms with Gasteiger partial charge in [0.2, 0.25) is 13.4 Å². The van der Waals surface area contributed by atoms with Gasteiger partial charge >= 0.3 is 0 Å². The molecule has 7 heterocycles. The number of nitrogens with zero attached hydrogens (tertiary/aromatic N) is 1. The first-order valence-corrected chi connectivity index (χ1v) is 19.3. The van der Waals surface area contributed by atoms with E-state index < -0.39 is 0 Å². The largest absolute Gasteiger partial charge is 0.455 e. The molecule has 4 aliphatic rings. The number of aryl methyl sites for hydroxylation is 2. The fourth-order valence-corrected chi connectivity index (χ4v) is 12.7. The van der Waals surface area contributed by atoms with E-state index >= 15 is 0 Å². The van der Waals surface area contributed by atoms with Gasteiger partial charge in [0, 0.05) is 46.8 Å². The van der Waals surface area contributed by atoms with Crippen molar-refractivity contribution < 1.29 is 8.83 Å². The lowest BCUT2D eigenvalue weighted by Crippen LogP contribution is -2.65. The second kappa shape index (κ2) is 8.62. The first-order valence-electron chi connectivity index (χ1n) is 17.6. The highest BCUT2D eigenvalue weighted by Gasteiger charge is 2.49. The Morgan fingerprint density at radius 3 is 1.49 bits per heavy atom. The summed E-state index contributed by atoms with van der Waals surface area (Å²) >= 11 is 3.90. The van der Waals surface area contributed by atoms with Gasteiger partial charge in [-0.05, 0) is 66.0 Å². The molecule has 0 bridgehead atoms. The monoisotopic (exact) mass is 683 g/mol. The van der Waals surface area contributed by atoms with Gasteiger partial charge in [-0.25, -0.2) is 0 Å². The lowest BCUT2D eigenvalue weighted by Gasteiger charge is -2.40. The Morgan fingerprint density at radius 2 is 0.980 bits per heavy atom. The zero-order valence-electron chi connectivity index (χ0n) is 27.5. The van der Waals surface area contributed by atoms with Crippen molar-refractivity contribution in [2.24, 2.45) is 0 Å². The maximum atomic E-state index is 6.97. The average Bonchev–Trinajstić information content (AvgIpc) is 3.82. The third kappa shape index (κ3) is 2.94. The molecule has 7 aromatic carbocycles. The van der Waals surface area contributed by atoms with Crippen molar-refractivity contribution in [2.75, 3.05) is 0 Å². The van der Waals surface area contributed by atoms with Crippen LogP contribution in [-0.2, 0) is 0 Å². The average molecular weight is 683 g/mol. The van der Waals surface area contributed by atoms with Gasteiger partial charge in [0.05, 0.1) is 21.8 Å². The van der Waals surface area contributed by atoms with Gasteiger partial charge < -0.3 is 13.4 Å². The quantitative estimate of drug-likeness (QED) is 0.153. The predicted octanol–water partition coefficient (Wildman–Crippen LogP) is 7.79. The molecule has 0 fully saturated rings. The Bertz CT molecular complexity index is 3150. The number of hydrogen-bond acceptors (Lipinski definition) is 4. The number of benzene rings is 7. The van der Waals surface area contributed by atoms with Gasteiger partial charge in [0.15, 0.2) is 0 Å². The van der Waals surface area contributed by atoms with Crippen LogP contribution in [0.2, 0.25) is 0 Å². The predicted molar refractivity (Wildman–Crippen MR) is 215 cm³/mol. The van der Waals surface area contributed by atoms with Crippen molar-refractivity contribution in [1.29, 1.82) is 0 Å². The van der Waals surface area contributed by atoms with Gasteiger partial charge in [-0.15, -0.1) is 0 Å². The molecule has 51 heavy (non-hydrogen) atoms. The molecule has 3 nitrogen and oxygen atoms in total. The van der Waals surface area contributed by atoms with Gasteiger partial charge in [0.25, 0.3) is 0 Å². The van der Waals surface area contributed by atoms with Crippen molar-refractivity contribution in [3.63, 3.8) is 0 Å². The van der Waals surface area contributed by atoms with Gasteiger partial charge in [-0.2, -0.15) is 0 Å². The second-order valence-corrected chi connectivity index (χ2v) is 17.0. The van der Waals surface area contributed by atoms with E-state index in [1.165, 1.54) is 102 Å². The Kier molecular flexibility index (Phi) is 4.49. The van der Waals surface area contributed by atoms with Crippen molar-refractivity contribution >= 4 is 135 Å². The van der Waals surface area contributed by atoms with E-state index in [4.69, 9.17) is 8.83 Å². The van der Waals surface area contributed by atoms with Crippen molar-refractivity contribution in [1.82, 2.24) is 4.57 Å². The zero-order chi connectivity index (χ0) is 33.0. The molecule has 4 aliphatic heterocycles. The third-order valence-corrected chi connectivity index (χ3v) is 14.5. The lowest BCUT2D eigenvalue weighted by molar-refractivity contribution is 0.670. The highest BCUT2D eigenvalue weighted by molar-refractivity contribution is 8.01. The normalized spacial score (nSPS) is 14.6. The Hall–Kier alpha value is -5.23. The van der Waals surface area contributed by atoms with Gasteiger partial charge in [0.1, 0.15) is 22.3 Å². The standard InChI is InChI=1S/C44H23B2NO2S2/c1-20-11-13-32-26(15-20)45-28-17-24-22-7-3-5-9-30(22)48-43(24)36-37-41-29(18-25-23-8-4-6-10-31(23)49-44(25)37)46-27-16-21(2)12-14-33(27)51-35-19-34(50-32)38(45)42(39(35)46)47(41)40(28)36/h3-19H,1-2H3. The SMILES string of the molecule is Cc1ccc2c(c1)B1c3c(cc4c5c3-n3c6c1cc1c7ccccc7oc1c6c1c6oc7ccccc7c6cc(c13)B5c1cc(C)ccc1S4)S2. The maximum Gasteiger partial charge on any atom is 0.249 e. The van der Waals surface area contributed by atoms with Crippen LogP contribution >= 0.6 is 23.5 Å². The van der Waals surface area contributed by atoms with E-state index in [2.05, 4.69) is 122 Å². The molecule has 10 aromatic rings. The molecule has 0 radical (unpaired) electrons.